The Morgan fingerprint density at radius 3 is 1.00 bits per heavy atom. The number of aliphatic hydroxyl groups excluding tert-OH is 1. The summed E-state index contributed by atoms with van der Waals surface area (Å²) in [5.41, 5.74) is 17.6. The number of aliphatic hydroxyl groups is 1. The number of halogens is 8. The topological polar surface area (TPSA) is 225 Å². The molecule has 1 fully saturated rings. The number of hydrogen-bond acceptors (Lipinski definition) is 17. The third-order valence-corrected chi connectivity index (χ3v) is 22.6. The fourth-order valence-corrected chi connectivity index (χ4v) is 16.9. The maximum absolute atomic E-state index is 14.3. The molecule has 29 heteroatoms. The van der Waals surface area contributed by atoms with Gasteiger partial charge in [-0.3, -0.25) is 38.5 Å². The highest BCUT2D eigenvalue weighted by atomic mass is 127. The Bertz CT molecular complexity index is 5090. The molecule has 4 amide bonds. The fraction of sp³-hybridized carbons (Fsp3) is 0.233. The largest absolute Gasteiger partial charge is 0.394 e. The number of nitrogens with zero attached hydrogens (tertiary/aromatic N) is 4. The van der Waals surface area contributed by atoms with Crippen LogP contribution in [0.1, 0.15) is 125 Å². The van der Waals surface area contributed by atoms with Crippen molar-refractivity contribution in [2.75, 3.05) is 33.5 Å². The number of hydroxylamine groups is 4. The minimum atomic E-state index is -0.432. The molecule has 0 saturated heterocycles. The Hall–Kier alpha value is -6.36. The van der Waals surface area contributed by atoms with E-state index in [-0.39, 0.29) is 60.6 Å². The van der Waals surface area contributed by atoms with Gasteiger partial charge in [-0.2, -0.15) is 0 Å². The van der Waals surface area contributed by atoms with Crippen LogP contribution >= 0.6 is 136 Å². The van der Waals surface area contributed by atoms with Gasteiger partial charge in [0.15, 0.2) is 0 Å². The number of rotatable bonds is 21. The lowest BCUT2D eigenvalue weighted by Crippen LogP contribution is -2.25. The van der Waals surface area contributed by atoms with E-state index in [2.05, 4.69) is 132 Å². The third kappa shape index (κ3) is 20.4. The molecule has 12 aromatic rings. The van der Waals surface area contributed by atoms with Gasteiger partial charge in [0.25, 0.3) is 23.6 Å². The van der Waals surface area contributed by atoms with Crippen LogP contribution in [0.3, 0.4) is 0 Å². The smallest absolute Gasteiger partial charge is 0.276 e. The maximum atomic E-state index is 14.3. The van der Waals surface area contributed by atoms with E-state index in [0.717, 1.165) is 94.7 Å². The first-order valence-corrected chi connectivity index (χ1v) is 39.1. The molecule has 0 aliphatic heterocycles. The van der Waals surface area contributed by atoms with Gasteiger partial charge in [-0.15, -0.1) is 45.3 Å². The zero-order valence-electron chi connectivity index (χ0n) is 55.4. The molecule has 530 valence electrons. The highest BCUT2D eigenvalue weighted by Gasteiger charge is 2.27. The summed E-state index contributed by atoms with van der Waals surface area (Å²) in [6.07, 6.45) is 10.6. The zero-order chi connectivity index (χ0) is 72.9. The van der Waals surface area contributed by atoms with Crippen LogP contribution < -0.4 is 21.9 Å². The Kier molecular flexibility index (Phi) is 28.0. The van der Waals surface area contributed by atoms with E-state index in [0.29, 0.717) is 98.0 Å². The number of pyridine rings is 4. The Morgan fingerprint density at radius 1 is 0.451 bits per heavy atom. The van der Waals surface area contributed by atoms with Crippen LogP contribution in [0.5, 0.6) is 0 Å². The number of aromatic nitrogens is 4. The van der Waals surface area contributed by atoms with Crippen molar-refractivity contribution in [3.8, 4) is 0 Å². The van der Waals surface area contributed by atoms with E-state index in [4.69, 9.17) is 24.5 Å². The number of nitrogens with one attached hydrogen (secondary N) is 4. The van der Waals surface area contributed by atoms with Crippen LogP contribution in [-0.2, 0) is 45.0 Å². The molecule has 8 heterocycles. The molecule has 0 unspecified atom stereocenters. The number of benzene rings is 4. The second kappa shape index (κ2) is 36.6. The van der Waals surface area contributed by atoms with Gasteiger partial charge in [0.1, 0.15) is 42.6 Å². The summed E-state index contributed by atoms with van der Waals surface area (Å²) in [4.78, 5) is 94.3. The fourth-order valence-electron chi connectivity index (χ4n) is 10.5. The molecule has 102 heavy (non-hydrogen) atoms. The number of hydrogen-bond donors (Lipinski definition) is 5. The van der Waals surface area contributed by atoms with Gasteiger partial charge in [-0.05, 0) is 261 Å². The van der Waals surface area contributed by atoms with Crippen LogP contribution in [0.4, 0.5) is 17.6 Å². The summed E-state index contributed by atoms with van der Waals surface area (Å²) in [5.74, 6) is -1.98. The molecule has 0 spiro atoms. The summed E-state index contributed by atoms with van der Waals surface area (Å²) in [5, 5.41) is 11.8. The molecule has 0 radical (unpaired) electrons. The minimum absolute atomic E-state index is 0.00777. The summed E-state index contributed by atoms with van der Waals surface area (Å²) in [6, 6.07) is 28.0. The first-order valence-electron chi connectivity index (χ1n) is 31.5. The molecular weight excluding hydrogens is 1840 g/mol. The van der Waals surface area contributed by atoms with Crippen molar-refractivity contribution in [3.63, 3.8) is 0 Å². The first-order chi connectivity index (χ1) is 49.0. The monoisotopic (exact) mass is 1910 g/mol. The molecule has 1 aliphatic carbocycles. The molecule has 13 rings (SSSR count). The number of carbonyl (C=O) groups is 4. The van der Waals surface area contributed by atoms with Gasteiger partial charge in [-0.1, -0.05) is 24.3 Å². The lowest BCUT2D eigenvalue weighted by Gasteiger charge is -2.08. The van der Waals surface area contributed by atoms with Gasteiger partial charge in [0, 0.05) is 106 Å². The molecule has 1 aliphatic rings. The molecule has 4 aromatic carbocycles. The molecule has 8 aromatic heterocycles. The summed E-state index contributed by atoms with van der Waals surface area (Å²) >= 11 is 13.9. The van der Waals surface area contributed by atoms with Crippen molar-refractivity contribution in [3.05, 3.63) is 246 Å². The standard InChI is InChI=1S/C20H18FIN2O2S.C18H16FIN2O3S.C18H16FIN2O2S.C17H14FIN2O2S/c1-11-6-15-18(19(25)24-26-10-12-2-3-12)17(27-20(15)23-9-11)7-13-4-5-14(22)8-16(13)21;1-10-6-13-16(17(24)22-25-5-4-23)15(26-18(13)21-9-10)7-11-2-3-12(20)8-14(11)19;1-3-24-22-17(23)16-13-6-10(2)9-21-18(13)25-15(16)7-11-4-5-12(20)8-14(11)19;1-9-5-12-15(16(22)21-23-2)14(24-17(12)20-8-9)6-10-3-4-11(19)7-13(10)18/h4-6,8-9,12H,2-3,7,10H2,1H3,(H,24,25);2-3,6,8-9,23H,4-5,7H2,1H3,(H,22,24);4-6,8-9H,3,7H2,1-2H3,(H,22,23);3-5,7-8H,6H2,1-2H3,(H,21,22). The summed E-state index contributed by atoms with van der Waals surface area (Å²) < 4.78 is 60.4. The lowest BCUT2D eigenvalue weighted by molar-refractivity contribution is 0.0169. The van der Waals surface area contributed by atoms with Crippen molar-refractivity contribution in [2.45, 2.75) is 73.1 Å². The predicted molar refractivity (Wildman–Crippen MR) is 425 cm³/mol. The van der Waals surface area contributed by atoms with Gasteiger partial charge in [0.2, 0.25) is 0 Å². The molecular formula is C73H64F4I4N8O9S4. The Balaban J connectivity index is 0.000000147. The van der Waals surface area contributed by atoms with Crippen LogP contribution in [0.15, 0.2) is 122 Å². The average Bonchev–Trinajstić information content (AvgIpc) is 1.65. The second-order valence-corrected chi connectivity index (χ2v) is 32.7. The molecule has 0 atom stereocenters. The Labute approximate surface area is 654 Å². The number of carbonyl (C=O) groups excluding carboxylic acids is 4. The van der Waals surface area contributed by atoms with Crippen LogP contribution in [-0.4, -0.2) is 82.2 Å². The van der Waals surface area contributed by atoms with Crippen molar-refractivity contribution in [1.82, 2.24) is 41.9 Å². The quantitative estimate of drug-likeness (QED) is 0.0196. The van der Waals surface area contributed by atoms with Crippen molar-refractivity contribution >= 4 is 200 Å². The van der Waals surface area contributed by atoms with Crippen LogP contribution in [0.25, 0.3) is 40.9 Å². The highest BCUT2D eigenvalue weighted by molar-refractivity contribution is 14.1. The van der Waals surface area contributed by atoms with Crippen LogP contribution in [0.2, 0.25) is 0 Å². The van der Waals surface area contributed by atoms with Crippen molar-refractivity contribution in [2.24, 2.45) is 5.92 Å². The molecule has 5 N–H and O–H groups in total. The highest BCUT2D eigenvalue weighted by Crippen LogP contribution is 2.38. The average molecular weight is 1910 g/mol. The van der Waals surface area contributed by atoms with Gasteiger partial charge in [0.05, 0.1) is 55.8 Å². The van der Waals surface area contributed by atoms with E-state index >= 15 is 0 Å². The maximum Gasteiger partial charge on any atom is 0.276 e. The predicted octanol–water partition coefficient (Wildman–Crippen LogP) is 17.5. The van der Waals surface area contributed by atoms with E-state index in [9.17, 15) is 36.7 Å². The summed E-state index contributed by atoms with van der Waals surface area (Å²) in [6.45, 7) is 10.2. The molecule has 17 nitrogen and oxygen atoms in total. The van der Waals surface area contributed by atoms with Crippen molar-refractivity contribution < 1.29 is 61.2 Å². The SMILES string of the molecule is CCONC(=O)c1c(Cc2ccc(I)cc2F)sc2ncc(C)cc12.CONC(=O)c1c(Cc2ccc(I)cc2F)sc2ncc(C)cc12.Cc1cnc2sc(Cc3ccc(I)cc3F)c(C(=O)NOCC3CC3)c2c1.Cc1cnc2sc(Cc3ccc(I)cc3F)c(C(=O)NOCCO)c2c1. The van der Waals surface area contributed by atoms with Crippen molar-refractivity contribution in [1.29, 1.82) is 0 Å². The number of aryl methyl sites for hydroxylation is 4. The Morgan fingerprint density at radius 2 is 0.735 bits per heavy atom. The lowest BCUT2D eigenvalue weighted by atomic mass is 10.0. The van der Waals surface area contributed by atoms with Crippen LogP contribution in [0, 0.1) is 71.2 Å². The number of amides is 4. The van der Waals surface area contributed by atoms with Gasteiger partial charge < -0.3 is 5.11 Å². The number of thiophene rings is 4. The molecule has 0 bridgehead atoms. The van der Waals surface area contributed by atoms with Gasteiger partial charge >= 0.3 is 0 Å². The third-order valence-electron chi connectivity index (χ3n) is 15.4. The number of fused-ring (bicyclic) bond motifs is 4. The minimum Gasteiger partial charge on any atom is -0.394 e. The normalized spacial score (nSPS) is 11.8. The first kappa shape index (κ1) is 78.2. The zero-order valence-corrected chi connectivity index (χ0v) is 67.3. The van der Waals surface area contributed by atoms with E-state index in [1.54, 1.807) is 56.0 Å². The van der Waals surface area contributed by atoms with Gasteiger partial charge in [-0.25, -0.2) is 59.4 Å². The van der Waals surface area contributed by atoms with E-state index < -0.39 is 5.91 Å². The van der Waals surface area contributed by atoms with E-state index in [1.807, 2.05) is 76.2 Å². The summed E-state index contributed by atoms with van der Waals surface area (Å²) in [7, 11) is 1.38. The van der Waals surface area contributed by atoms with E-state index in [1.165, 1.54) is 76.7 Å². The molecule has 1 saturated carbocycles. The second-order valence-electron chi connectivity index (χ2n) is 23.4.